The van der Waals surface area contributed by atoms with Crippen molar-refractivity contribution in [3.05, 3.63) is 102 Å². The second kappa shape index (κ2) is 7.81. The first-order valence-corrected chi connectivity index (χ1v) is 10.9. The van der Waals surface area contributed by atoms with Gasteiger partial charge in [0.2, 0.25) is 0 Å². The third kappa shape index (κ3) is 3.45. The molecule has 138 valence electrons. The quantitative estimate of drug-likeness (QED) is 0.448. The fourth-order valence-corrected chi connectivity index (χ4v) is 5.69. The molecule has 0 bridgehead atoms. The summed E-state index contributed by atoms with van der Waals surface area (Å²) in [7, 11) is 0. The summed E-state index contributed by atoms with van der Waals surface area (Å²) in [5.41, 5.74) is 6.49. The molecule has 28 heavy (non-hydrogen) atoms. The summed E-state index contributed by atoms with van der Waals surface area (Å²) in [6.45, 7) is 0. The zero-order chi connectivity index (χ0) is 18.8. The molecule has 0 aromatic heterocycles. The molecule has 3 aromatic rings. The van der Waals surface area contributed by atoms with E-state index in [0.29, 0.717) is 11.2 Å². The fraction of sp³-hybridized carbons (Fsp3) is 0.192. The van der Waals surface area contributed by atoms with Crippen LogP contribution in [0.5, 0.6) is 0 Å². The van der Waals surface area contributed by atoms with Gasteiger partial charge in [-0.25, -0.2) is 0 Å². The molecule has 0 unspecified atom stereocenters. The molecule has 0 spiro atoms. The first-order valence-electron chi connectivity index (χ1n) is 10.0. The molecule has 1 saturated carbocycles. The Hall–Kier alpha value is -2.58. The molecule has 3 aromatic carbocycles. The van der Waals surface area contributed by atoms with Crippen molar-refractivity contribution >= 4 is 29.2 Å². The van der Waals surface area contributed by atoms with Gasteiger partial charge < -0.3 is 0 Å². The maximum absolute atomic E-state index is 5.24. The minimum atomic E-state index is 0.406. The lowest BCUT2D eigenvalue weighted by molar-refractivity contribution is 0.555. The van der Waals surface area contributed by atoms with Gasteiger partial charge in [0.1, 0.15) is 0 Å². The van der Waals surface area contributed by atoms with Crippen LogP contribution in [0, 0.1) is 5.92 Å². The summed E-state index contributed by atoms with van der Waals surface area (Å²) < 4.78 is 0. The van der Waals surface area contributed by atoms with Crippen LogP contribution in [-0.2, 0) is 0 Å². The summed E-state index contributed by atoms with van der Waals surface area (Å²) in [4.78, 5) is 6.53. The Balaban J connectivity index is 1.64. The standard InChI is InChI=1S/C26H23NS/c1-3-10-19(11-4-1)18-21-14-9-15-22-25(21)27-23-16-7-8-17-24(23)28-26(22)20-12-5-2-6-13-20/h1-8,10-13,16-18,22,26H,9,14-15H2/b21-18-/t22-,26+/m0/s1. The monoisotopic (exact) mass is 381 g/mol. The molecule has 5 rings (SSSR count). The first kappa shape index (κ1) is 17.5. The molecule has 1 fully saturated rings. The van der Waals surface area contributed by atoms with Gasteiger partial charge in [0, 0.05) is 21.8 Å². The van der Waals surface area contributed by atoms with Crippen LogP contribution in [0.4, 0.5) is 5.69 Å². The number of fused-ring (bicyclic) bond motifs is 2. The van der Waals surface area contributed by atoms with Crippen LogP contribution in [-0.4, -0.2) is 5.71 Å². The zero-order valence-electron chi connectivity index (χ0n) is 15.8. The van der Waals surface area contributed by atoms with Gasteiger partial charge in [-0.3, -0.25) is 4.99 Å². The number of rotatable bonds is 2. The molecular formula is C26H23NS. The van der Waals surface area contributed by atoms with Gasteiger partial charge in [0.25, 0.3) is 0 Å². The average Bonchev–Trinajstić information content (AvgIpc) is 2.93. The minimum Gasteiger partial charge on any atom is -0.252 e. The van der Waals surface area contributed by atoms with Crippen molar-refractivity contribution in [2.24, 2.45) is 10.9 Å². The number of aliphatic imine (C=N–C) groups is 1. The Morgan fingerprint density at radius 2 is 1.54 bits per heavy atom. The lowest BCUT2D eigenvalue weighted by Crippen LogP contribution is -2.25. The minimum absolute atomic E-state index is 0.406. The third-order valence-electron chi connectivity index (χ3n) is 5.64. The highest BCUT2D eigenvalue weighted by Gasteiger charge is 2.35. The molecule has 2 heteroatoms. The summed E-state index contributed by atoms with van der Waals surface area (Å²) >= 11 is 1.98. The summed E-state index contributed by atoms with van der Waals surface area (Å²) in [5.74, 6) is 0.448. The largest absolute Gasteiger partial charge is 0.252 e. The van der Waals surface area contributed by atoms with E-state index < -0.39 is 0 Å². The summed E-state index contributed by atoms with van der Waals surface area (Å²) in [6.07, 6.45) is 5.89. The van der Waals surface area contributed by atoms with Crippen molar-refractivity contribution in [1.29, 1.82) is 0 Å². The Morgan fingerprint density at radius 1 is 0.821 bits per heavy atom. The molecule has 1 heterocycles. The van der Waals surface area contributed by atoms with Gasteiger partial charge >= 0.3 is 0 Å². The van der Waals surface area contributed by atoms with Crippen LogP contribution >= 0.6 is 11.8 Å². The Labute approximate surface area is 171 Å². The van der Waals surface area contributed by atoms with E-state index in [1.165, 1.54) is 40.1 Å². The SMILES string of the molecule is C(=C1\CCC[C@H]2C1=Nc1ccccc1S[C@@H]2c1ccccc1)/c1ccccc1. The number of thioether (sulfide) groups is 1. The van der Waals surface area contributed by atoms with E-state index in [9.17, 15) is 0 Å². The molecule has 0 saturated heterocycles. The van der Waals surface area contributed by atoms with Crippen LogP contribution in [0.2, 0.25) is 0 Å². The maximum Gasteiger partial charge on any atom is 0.0769 e. The van der Waals surface area contributed by atoms with Gasteiger partial charge in [-0.15, -0.1) is 11.8 Å². The second-order valence-electron chi connectivity index (χ2n) is 7.49. The van der Waals surface area contributed by atoms with Crippen LogP contribution in [0.25, 0.3) is 6.08 Å². The number of hydrogen-bond donors (Lipinski definition) is 0. The summed E-state index contributed by atoms with van der Waals surface area (Å²) in [5, 5.41) is 0.406. The molecular weight excluding hydrogens is 358 g/mol. The van der Waals surface area contributed by atoms with E-state index in [-0.39, 0.29) is 0 Å². The van der Waals surface area contributed by atoms with Crippen LogP contribution in [0.3, 0.4) is 0 Å². The number of para-hydroxylation sites is 1. The van der Waals surface area contributed by atoms with Gasteiger partial charge in [0.15, 0.2) is 0 Å². The van der Waals surface area contributed by atoms with Crippen molar-refractivity contribution in [1.82, 2.24) is 0 Å². The predicted octanol–water partition coefficient (Wildman–Crippen LogP) is 7.49. The lowest BCUT2D eigenvalue weighted by atomic mass is 9.79. The molecule has 0 radical (unpaired) electrons. The van der Waals surface area contributed by atoms with E-state index in [0.717, 1.165) is 12.1 Å². The first-order chi connectivity index (χ1) is 13.9. The van der Waals surface area contributed by atoms with E-state index in [1.807, 2.05) is 11.8 Å². The fourth-order valence-electron chi connectivity index (χ4n) is 4.30. The highest BCUT2D eigenvalue weighted by molar-refractivity contribution is 7.99. The van der Waals surface area contributed by atoms with Gasteiger partial charge in [-0.1, -0.05) is 72.8 Å². The third-order valence-corrected chi connectivity index (χ3v) is 7.09. The zero-order valence-corrected chi connectivity index (χ0v) is 16.6. The van der Waals surface area contributed by atoms with Crippen molar-refractivity contribution < 1.29 is 0 Å². The molecule has 1 aliphatic carbocycles. The normalized spacial score (nSPS) is 22.7. The summed E-state index contributed by atoms with van der Waals surface area (Å²) in [6, 6.07) is 30.3. The van der Waals surface area contributed by atoms with Crippen molar-refractivity contribution in [3.8, 4) is 0 Å². The molecule has 0 N–H and O–H groups in total. The number of hydrogen-bond acceptors (Lipinski definition) is 2. The van der Waals surface area contributed by atoms with Crippen LogP contribution in [0.15, 0.2) is 100 Å². The van der Waals surface area contributed by atoms with E-state index >= 15 is 0 Å². The van der Waals surface area contributed by atoms with Crippen LogP contribution < -0.4 is 0 Å². The van der Waals surface area contributed by atoms with Crippen molar-refractivity contribution in [2.75, 3.05) is 0 Å². The molecule has 2 atom stereocenters. The lowest BCUT2D eigenvalue weighted by Gasteiger charge is -2.31. The smallest absolute Gasteiger partial charge is 0.0769 e. The molecule has 1 aliphatic heterocycles. The average molecular weight is 382 g/mol. The number of allylic oxidation sites excluding steroid dienone is 1. The Morgan fingerprint density at radius 3 is 2.36 bits per heavy atom. The van der Waals surface area contributed by atoms with E-state index in [1.54, 1.807) is 0 Å². The van der Waals surface area contributed by atoms with Crippen molar-refractivity contribution in [3.63, 3.8) is 0 Å². The van der Waals surface area contributed by atoms with Gasteiger partial charge in [-0.2, -0.15) is 0 Å². The predicted molar refractivity (Wildman–Crippen MR) is 120 cm³/mol. The van der Waals surface area contributed by atoms with E-state index in [4.69, 9.17) is 4.99 Å². The molecule has 0 amide bonds. The topological polar surface area (TPSA) is 12.4 Å². The highest BCUT2D eigenvalue weighted by atomic mass is 32.2. The van der Waals surface area contributed by atoms with Crippen LogP contribution in [0.1, 0.15) is 35.6 Å². The van der Waals surface area contributed by atoms with Crippen molar-refractivity contribution in [2.45, 2.75) is 29.4 Å². The maximum atomic E-state index is 5.24. The van der Waals surface area contributed by atoms with E-state index in [2.05, 4.69) is 91.0 Å². The second-order valence-corrected chi connectivity index (χ2v) is 8.68. The molecule has 2 aliphatic rings. The number of benzene rings is 3. The Kier molecular flexibility index (Phi) is 4.88. The Bertz CT molecular complexity index is 1020. The van der Waals surface area contributed by atoms with Gasteiger partial charge in [0.05, 0.1) is 5.69 Å². The molecule has 1 nitrogen and oxygen atoms in total. The number of nitrogens with zero attached hydrogens (tertiary/aromatic N) is 1. The van der Waals surface area contributed by atoms with Gasteiger partial charge in [-0.05, 0) is 54.2 Å². The highest BCUT2D eigenvalue weighted by Crippen LogP contribution is 2.51.